The van der Waals surface area contributed by atoms with Crippen molar-refractivity contribution in [1.82, 2.24) is 25.0 Å². The molecule has 1 spiro atoms. The lowest BCUT2D eigenvalue weighted by atomic mass is 9.67. The van der Waals surface area contributed by atoms with Crippen molar-refractivity contribution in [2.45, 2.75) is 89.6 Å². The van der Waals surface area contributed by atoms with Crippen LogP contribution in [0.4, 0.5) is 17.6 Å². The first kappa shape index (κ1) is 36.0. The largest absolute Gasteiger partial charge is 0.507 e. The van der Waals surface area contributed by atoms with E-state index >= 15 is 0 Å². The van der Waals surface area contributed by atoms with E-state index < -0.39 is 11.9 Å². The molecule has 0 radical (unpaired) electrons. The second-order valence-electron chi connectivity index (χ2n) is 16.4. The van der Waals surface area contributed by atoms with Crippen LogP contribution in [0.15, 0.2) is 47.2 Å². The Morgan fingerprint density at radius 2 is 1.78 bits per heavy atom. The topological polar surface area (TPSA) is 187 Å². The number of carbonyl (C=O) groups is 1. The summed E-state index contributed by atoms with van der Waals surface area (Å²) in [5, 5.41) is 24.2. The van der Waals surface area contributed by atoms with E-state index in [4.69, 9.17) is 26.0 Å². The van der Waals surface area contributed by atoms with Crippen molar-refractivity contribution >= 4 is 35.3 Å². The van der Waals surface area contributed by atoms with Gasteiger partial charge in [0.15, 0.2) is 11.6 Å². The molecule has 1 aliphatic carbocycles. The zero-order chi connectivity index (χ0) is 37.7. The number of anilines is 3. The van der Waals surface area contributed by atoms with Crippen molar-refractivity contribution in [3.05, 3.63) is 76.4 Å². The first-order valence-electron chi connectivity index (χ1n) is 19.5. The SMILES string of the molecule is CC(C)C(C(=O)O)c1cc(N2CC3(CCC(N4CCC(c5cnc(N6CCc7[nH]c(N)c(/C=C(\N)c8ccccc8O)c7C6C)nc5)CC4)CC3)C2)no1. The summed E-state index contributed by atoms with van der Waals surface area (Å²) < 4.78 is 5.49. The van der Waals surface area contributed by atoms with Crippen LogP contribution in [0.5, 0.6) is 5.75 Å². The predicted molar refractivity (Wildman–Crippen MR) is 209 cm³/mol. The molecule has 3 aliphatic heterocycles. The maximum absolute atomic E-state index is 11.7. The van der Waals surface area contributed by atoms with Crippen LogP contribution in [-0.4, -0.2) is 80.0 Å². The molecule has 4 aliphatic rings. The summed E-state index contributed by atoms with van der Waals surface area (Å²) in [5.74, 6) is 1.47. The third-order valence-corrected chi connectivity index (χ3v) is 12.8. The van der Waals surface area contributed by atoms with E-state index in [9.17, 15) is 15.0 Å². The highest BCUT2D eigenvalue weighted by atomic mass is 16.5. The minimum atomic E-state index is -0.870. The van der Waals surface area contributed by atoms with Crippen molar-refractivity contribution in [3.8, 4) is 5.75 Å². The number of H-pyrrole nitrogens is 1. The minimum absolute atomic E-state index is 0.0195. The van der Waals surface area contributed by atoms with Gasteiger partial charge in [-0.2, -0.15) is 0 Å². The van der Waals surface area contributed by atoms with Crippen LogP contribution < -0.4 is 21.3 Å². The Morgan fingerprint density at radius 3 is 2.44 bits per heavy atom. The zero-order valence-electron chi connectivity index (χ0n) is 31.5. The summed E-state index contributed by atoms with van der Waals surface area (Å²) in [6, 6.07) is 9.49. The second-order valence-corrected chi connectivity index (χ2v) is 16.4. The van der Waals surface area contributed by atoms with Gasteiger partial charge >= 0.3 is 5.97 Å². The number of nitrogens with zero attached hydrogens (tertiary/aromatic N) is 6. The molecule has 2 unspecified atom stereocenters. The molecule has 4 aromatic rings. The number of hydrogen-bond acceptors (Lipinski definition) is 11. The second kappa shape index (κ2) is 14.3. The van der Waals surface area contributed by atoms with E-state index in [1.54, 1.807) is 18.2 Å². The third-order valence-electron chi connectivity index (χ3n) is 12.8. The summed E-state index contributed by atoms with van der Waals surface area (Å²) >= 11 is 0. The number of aromatic nitrogens is 4. The molecule has 2 saturated heterocycles. The molecule has 0 bridgehead atoms. The number of aromatic amines is 1. The van der Waals surface area contributed by atoms with E-state index in [2.05, 4.69) is 31.8 Å². The number of benzene rings is 1. The first-order chi connectivity index (χ1) is 26.0. The lowest BCUT2D eigenvalue weighted by Crippen LogP contribution is -2.59. The Morgan fingerprint density at radius 1 is 1.07 bits per heavy atom. The molecular formula is C41H53N9O4. The van der Waals surface area contributed by atoms with E-state index in [1.165, 1.54) is 31.2 Å². The van der Waals surface area contributed by atoms with Gasteiger partial charge in [0.1, 0.15) is 17.5 Å². The van der Waals surface area contributed by atoms with E-state index in [0.29, 0.717) is 46.2 Å². The number of likely N-dealkylation sites (tertiary alicyclic amines) is 1. The van der Waals surface area contributed by atoms with E-state index in [0.717, 1.165) is 74.6 Å². The van der Waals surface area contributed by atoms with Crippen molar-refractivity contribution in [1.29, 1.82) is 0 Å². The van der Waals surface area contributed by atoms with Gasteiger partial charge in [-0.3, -0.25) is 4.79 Å². The molecule has 6 heterocycles. The number of nitrogens with one attached hydrogen (secondary N) is 1. The molecule has 8 rings (SSSR count). The van der Waals surface area contributed by atoms with Crippen LogP contribution >= 0.6 is 0 Å². The molecule has 1 aromatic carbocycles. The number of nitrogen functional groups attached to an aromatic ring is 1. The van der Waals surface area contributed by atoms with Crippen molar-refractivity contribution in [3.63, 3.8) is 0 Å². The monoisotopic (exact) mass is 735 g/mol. The Labute approximate surface area is 316 Å². The maximum atomic E-state index is 11.7. The minimum Gasteiger partial charge on any atom is -0.507 e. The summed E-state index contributed by atoms with van der Waals surface area (Å²) in [6.45, 7) is 10.8. The Bertz CT molecular complexity index is 2000. The number of carboxylic acids is 1. The first-order valence-corrected chi connectivity index (χ1v) is 19.5. The van der Waals surface area contributed by atoms with E-state index in [1.807, 2.05) is 44.4 Å². The van der Waals surface area contributed by atoms with Crippen molar-refractivity contribution in [2.24, 2.45) is 17.1 Å². The van der Waals surface area contributed by atoms with Crippen molar-refractivity contribution in [2.75, 3.05) is 48.3 Å². The van der Waals surface area contributed by atoms with Gasteiger partial charge in [0.05, 0.1) is 6.04 Å². The predicted octanol–water partition coefficient (Wildman–Crippen LogP) is 6.11. The molecule has 3 aromatic heterocycles. The number of hydrogen-bond donors (Lipinski definition) is 5. The average molecular weight is 736 g/mol. The van der Waals surface area contributed by atoms with Crippen LogP contribution in [0, 0.1) is 11.3 Å². The lowest BCUT2D eigenvalue weighted by molar-refractivity contribution is -0.140. The van der Waals surface area contributed by atoms with Gasteiger partial charge in [-0.15, -0.1) is 0 Å². The van der Waals surface area contributed by atoms with Gasteiger partial charge < -0.3 is 45.9 Å². The fourth-order valence-corrected chi connectivity index (χ4v) is 9.66. The van der Waals surface area contributed by atoms with Crippen LogP contribution in [0.2, 0.25) is 0 Å². The number of nitrogens with two attached hydrogens (primary N) is 2. The molecule has 1 saturated carbocycles. The van der Waals surface area contributed by atoms with Gasteiger partial charge in [0, 0.05) is 84.1 Å². The Kier molecular flexibility index (Phi) is 9.53. The van der Waals surface area contributed by atoms with Crippen LogP contribution in [0.25, 0.3) is 11.8 Å². The Balaban J connectivity index is 0.837. The van der Waals surface area contributed by atoms with Crippen LogP contribution in [0.3, 0.4) is 0 Å². The standard InChI is InChI=1S/C41H53N9O4/c1-24(2)36(39(52)53)34-19-35(47-54-34)49-22-41(23-49)13-8-28(9-14-41)48-15-10-26(11-16-48)27-20-44-40(45-21-27)50-17-12-32-37(25(50)3)30(38(43)46-32)18-31(42)29-6-4-5-7-33(29)51/h4-7,18-21,24-26,28,36,46,51H,8-17,22-23,42-43H2,1-3H3,(H,52,53)/b31-18-. The molecule has 13 heteroatoms. The molecule has 7 N–H and O–H groups in total. The number of fused-ring (bicyclic) bond motifs is 1. The van der Waals surface area contributed by atoms with E-state index in [-0.39, 0.29) is 17.7 Å². The molecule has 13 nitrogen and oxygen atoms in total. The number of rotatable bonds is 9. The number of phenolic OH excluding ortho intramolecular Hbond substituents is 1. The lowest BCUT2D eigenvalue weighted by Gasteiger charge is -2.54. The fourth-order valence-electron chi connectivity index (χ4n) is 9.66. The van der Waals surface area contributed by atoms with Gasteiger partial charge in [-0.05, 0) is 94.1 Å². The maximum Gasteiger partial charge on any atom is 0.314 e. The number of phenols is 1. The normalized spacial score (nSPS) is 21.7. The number of carboxylic acid groups (broad SMARTS) is 1. The quantitative estimate of drug-likeness (QED) is 0.133. The molecule has 0 amide bonds. The summed E-state index contributed by atoms with van der Waals surface area (Å²) in [4.78, 5) is 32.1. The molecular weight excluding hydrogens is 683 g/mol. The smallest absolute Gasteiger partial charge is 0.314 e. The fraction of sp³-hybridized carbons (Fsp3) is 0.512. The molecule has 286 valence electrons. The summed E-state index contributed by atoms with van der Waals surface area (Å²) in [7, 11) is 0. The number of aromatic hydroxyl groups is 1. The zero-order valence-corrected chi connectivity index (χ0v) is 31.5. The third kappa shape index (κ3) is 6.67. The van der Waals surface area contributed by atoms with Gasteiger partial charge in [0.2, 0.25) is 5.95 Å². The summed E-state index contributed by atoms with van der Waals surface area (Å²) in [6.07, 6.45) is 13.8. The number of piperidine rings is 1. The summed E-state index contributed by atoms with van der Waals surface area (Å²) in [5.41, 5.74) is 18.5. The van der Waals surface area contributed by atoms with Crippen molar-refractivity contribution < 1.29 is 19.5 Å². The van der Waals surface area contributed by atoms with Gasteiger partial charge in [0.25, 0.3) is 0 Å². The molecule has 3 fully saturated rings. The van der Waals surface area contributed by atoms with Gasteiger partial charge in [-0.25, -0.2) is 9.97 Å². The highest BCUT2D eigenvalue weighted by molar-refractivity contribution is 5.86. The van der Waals surface area contributed by atoms with Crippen LogP contribution in [0.1, 0.15) is 111 Å². The molecule has 2 atom stereocenters. The Hall–Kier alpha value is -5.04. The van der Waals surface area contributed by atoms with Gasteiger partial charge in [-0.1, -0.05) is 31.1 Å². The highest BCUT2D eigenvalue weighted by Gasteiger charge is 2.47. The number of para-hydroxylation sites is 1. The average Bonchev–Trinajstić information content (AvgIpc) is 3.75. The molecule has 54 heavy (non-hydrogen) atoms. The highest BCUT2D eigenvalue weighted by Crippen LogP contribution is 2.47. The number of aliphatic carboxylic acids is 1. The van der Waals surface area contributed by atoms with Crippen LogP contribution in [-0.2, 0) is 11.2 Å².